The highest BCUT2D eigenvalue weighted by atomic mass is 35.5. The quantitative estimate of drug-likeness (QED) is 0.657. The highest BCUT2D eigenvalue weighted by molar-refractivity contribution is 6.32. The Hall–Kier alpha value is -2.61. The topological polar surface area (TPSA) is 116 Å². The molecule has 1 aromatic carbocycles. The molecule has 8 nitrogen and oxygen atoms in total. The average molecular weight is 296 g/mol. The molecule has 3 N–H and O–H groups in total. The second-order valence-corrected chi connectivity index (χ2v) is 4.09. The molecule has 0 atom stereocenters. The van der Waals surface area contributed by atoms with Gasteiger partial charge in [0.1, 0.15) is 12.1 Å². The van der Waals surface area contributed by atoms with E-state index in [1.165, 1.54) is 7.11 Å². The van der Waals surface area contributed by atoms with Crippen molar-refractivity contribution in [3.63, 3.8) is 0 Å². The van der Waals surface area contributed by atoms with Gasteiger partial charge in [0, 0.05) is 11.8 Å². The molecule has 1 heterocycles. The van der Waals surface area contributed by atoms with Crippen LogP contribution in [0.1, 0.15) is 0 Å². The number of ether oxygens (including phenoxy) is 1. The minimum atomic E-state index is -0.648. The first-order chi connectivity index (χ1) is 9.52. The molecule has 20 heavy (non-hydrogen) atoms. The lowest BCUT2D eigenvalue weighted by atomic mass is 10.3. The van der Waals surface area contributed by atoms with Gasteiger partial charge in [0.05, 0.1) is 17.1 Å². The minimum absolute atomic E-state index is 0.00752. The van der Waals surface area contributed by atoms with E-state index in [0.717, 1.165) is 6.33 Å². The number of rotatable bonds is 4. The van der Waals surface area contributed by atoms with Crippen molar-refractivity contribution in [1.82, 2.24) is 9.97 Å². The third-order valence-corrected chi connectivity index (χ3v) is 2.76. The van der Waals surface area contributed by atoms with E-state index in [0.29, 0.717) is 16.5 Å². The molecule has 0 amide bonds. The Kier molecular flexibility index (Phi) is 3.85. The number of hydrogen-bond donors (Lipinski definition) is 2. The van der Waals surface area contributed by atoms with Gasteiger partial charge < -0.3 is 15.8 Å². The van der Waals surface area contributed by atoms with Gasteiger partial charge in [-0.15, -0.1) is 0 Å². The molecule has 1 aromatic heterocycles. The molecular weight excluding hydrogens is 286 g/mol. The van der Waals surface area contributed by atoms with Crippen LogP contribution in [-0.4, -0.2) is 22.0 Å². The van der Waals surface area contributed by atoms with E-state index in [4.69, 9.17) is 22.1 Å². The second-order valence-electron chi connectivity index (χ2n) is 3.69. The number of nitrogens with zero attached hydrogens (tertiary/aromatic N) is 3. The number of methoxy groups -OCH3 is 1. The zero-order chi connectivity index (χ0) is 14.7. The lowest BCUT2D eigenvalue weighted by Gasteiger charge is -2.09. The fraction of sp³-hybridized carbons (Fsp3) is 0.0909. The molecule has 0 unspecified atom stereocenters. The Bertz CT molecular complexity index is 665. The lowest BCUT2D eigenvalue weighted by Crippen LogP contribution is -2.05. The van der Waals surface area contributed by atoms with Crippen LogP contribution in [0.3, 0.4) is 0 Å². The fourth-order valence-corrected chi connectivity index (χ4v) is 1.73. The fourth-order valence-electron chi connectivity index (χ4n) is 1.54. The number of nitro groups is 1. The molecular formula is C11H10ClN5O3. The molecule has 0 radical (unpaired) electrons. The third-order valence-electron chi connectivity index (χ3n) is 2.45. The monoisotopic (exact) mass is 295 g/mol. The van der Waals surface area contributed by atoms with Crippen molar-refractivity contribution in [1.29, 1.82) is 0 Å². The van der Waals surface area contributed by atoms with E-state index in [-0.39, 0.29) is 17.3 Å². The zero-order valence-electron chi connectivity index (χ0n) is 10.3. The van der Waals surface area contributed by atoms with Crippen molar-refractivity contribution < 1.29 is 9.66 Å². The van der Waals surface area contributed by atoms with Crippen molar-refractivity contribution in [2.24, 2.45) is 0 Å². The van der Waals surface area contributed by atoms with Crippen LogP contribution in [-0.2, 0) is 0 Å². The summed E-state index contributed by atoms with van der Waals surface area (Å²) in [5.41, 5.74) is 5.61. The van der Waals surface area contributed by atoms with E-state index in [1.807, 2.05) is 0 Å². The normalized spacial score (nSPS) is 10.1. The Morgan fingerprint density at radius 3 is 2.85 bits per heavy atom. The number of benzene rings is 1. The Labute approximate surface area is 118 Å². The van der Waals surface area contributed by atoms with Crippen LogP contribution in [0.4, 0.5) is 23.0 Å². The average Bonchev–Trinajstić information content (AvgIpc) is 2.40. The minimum Gasteiger partial charge on any atom is -0.495 e. The van der Waals surface area contributed by atoms with Crippen molar-refractivity contribution >= 4 is 34.6 Å². The smallest absolute Gasteiger partial charge is 0.353 e. The van der Waals surface area contributed by atoms with Gasteiger partial charge in [-0.2, -0.15) is 0 Å². The molecule has 0 saturated carbocycles. The molecule has 0 aliphatic heterocycles. The van der Waals surface area contributed by atoms with Gasteiger partial charge in [0.25, 0.3) is 0 Å². The summed E-state index contributed by atoms with van der Waals surface area (Å²) in [6.45, 7) is 0. The molecule has 104 valence electrons. The predicted octanol–water partition coefficient (Wildman–Crippen LogP) is 2.37. The molecule has 0 aliphatic rings. The summed E-state index contributed by atoms with van der Waals surface area (Å²) < 4.78 is 5.06. The van der Waals surface area contributed by atoms with Gasteiger partial charge in [0.15, 0.2) is 0 Å². The first-order valence-corrected chi connectivity index (χ1v) is 5.76. The molecule has 2 rings (SSSR count). The van der Waals surface area contributed by atoms with Gasteiger partial charge in [-0.05, 0) is 12.1 Å². The highest BCUT2D eigenvalue weighted by Crippen LogP contribution is 2.32. The van der Waals surface area contributed by atoms with Crippen molar-refractivity contribution in [2.45, 2.75) is 0 Å². The van der Waals surface area contributed by atoms with Gasteiger partial charge in [-0.3, -0.25) is 10.1 Å². The molecule has 0 bridgehead atoms. The molecule has 0 aliphatic carbocycles. The number of nitrogen functional groups attached to an aromatic ring is 1. The van der Waals surface area contributed by atoms with Crippen LogP contribution in [0.25, 0.3) is 0 Å². The van der Waals surface area contributed by atoms with Crippen molar-refractivity contribution in [3.05, 3.63) is 39.7 Å². The van der Waals surface area contributed by atoms with E-state index in [1.54, 1.807) is 18.2 Å². The van der Waals surface area contributed by atoms with E-state index in [9.17, 15) is 10.1 Å². The van der Waals surface area contributed by atoms with Crippen LogP contribution >= 0.6 is 11.6 Å². The zero-order valence-corrected chi connectivity index (χ0v) is 11.1. The summed E-state index contributed by atoms with van der Waals surface area (Å²) in [6.07, 6.45) is 1.14. The summed E-state index contributed by atoms with van der Waals surface area (Å²) in [6, 6.07) is 4.82. The van der Waals surface area contributed by atoms with Crippen LogP contribution in [0.5, 0.6) is 5.75 Å². The highest BCUT2D eigenvalue weighted by Gasteiger charge is 2.21. The Balaban J connectivity index is 2.40. The largest absolute Gasteiger partial charge is 0.495 e. The number of nitrogens with two attached hydrogens (primary N) is 1. The summed E-state index contributed by atoms with van der Waals surface area (Å²) >= 11 is 5.90. The summed E-state index contributed by atoms with van der Waals surface area (Å²) in [7, 11) is 1.47. The van der Waals surface area contributed by atoms with Crippen molar-refractivity contribution in [2.75, 3.05) is 18.2 Å². The maximum Gasteiger partial charge on any atom is 0.353 e. The molecule has 0 spiro atoms. The van der Waals surface area contributed by atoms with Gasteiger partial charge in [-0.1, -0.05) is 11.6 Å². The molecule has 9 heteroatoms. The lowest BCUT2D eigenvalue weighted by molar-refractivity contribution is -0.383. The molecule has 0 saturated heterocycles. The Morgan fingerprint density at radius 2 is 2.20 bits per heavy atom. The van der Waals surface area contributed by atoms with Crippen LogP contribution in [0.2, 0.25) is 5.02 Å². The summed E-state index contributed by atoms with van der Waals surface area (Å²) in [5.74, 6) is 0.210. The second kappa shape index (κ2) is 5.57. The SMILES string of the molecule is COc1cc(Nc2ncnc(N)c2[N+](=O)[O-])ccc1Cl. The first-order valence-electron chi connectivity index (χ1n) is 5.38. The third kappa shape index (κ3) is 2.69. The van der Waals surface area contributed by atoms with E-state index >= 15 is 0 Å². The summed E-state index contributed by atoms with van der Waals surface area (Å²) in [5, 5.41) is 14.2. The van der Waals surface area contributed by atoms with Gasteiger partial charge in [0.2, 0.25) is 11.6 Å². The van der Waals surface area contributed by atoms with E-state index < -0.39 is 4.92 Å². The van der Waals surface area contributed by atoms with Gasteiger partial charge in [-0.25, -0.2) is 9.97 Å². The number of aromatic nitrogens is 2. The van der Waals surface area contributed by atoms with Crippen molar-refractivity contribution in [3.8, 4) is 5.75 Å². The number of anilines is 3. The molecule has 2 aromatic rings. The number of hydrogen-bond acceptors (Lipinski definition) is 7. The maximum absolute atomic E-state index is 11.0. The van der Waals surface area contributed by atoms with Gasteiger partial charge >= 0.3 is 5.69 Å². The van der Waals surface area contributed by atoms with Crippen LogP contribution < -0.4 is 15.8 Å². The van der Waals surface area contributed by atoms with E-state index in [2.05, 4.69) is 15.3 Å². The number of halogens is 1. The standard InChI is InChI=1S/C11H10ClN5O3/c1-20-8-4-6(2-3-7(8)12)16-11-9(17(18)19)10(13)14-5-15-11/h2-5H,1H3,(H3,13,14,15,16). The maximum atomic E-state index is 11.0. The number of nitrogens with one attached hydrogen (secondary N) is 1. The van der Waals surface area contributed by atoms with Crippen LogP contribution in [0.15, 0.2) is 24.5 Å². The first kappa shape index (κ1) is 13.8. The predicted molar refractivity (Wildman–Crippen MR) is 74.4 cm³/mol. The van der Waals surface area contributed by atoms with Crippen LogP contribution in [0, 0.1) is 10.1 Å². The Morgan fingerprint density at radius 1 is 1.45 bits per heavy atom. The molecule has 0 fully saturated rings. The summed E-state index contributed by atoms with van der Waals surface area (Å²) in [4.78, 5) is 17.7.